The lowest BCUT2D eigenvalue weighted by Gasteiger charge is -2.34. The summed E-state index contributed by atoms with van der Waals surface area (Å²) in [4.78, 5) is 10.9. The van der Waals surface area contributed by atoms with Gasteiger partial charge >= 0.3 is 5.97 Å². The van der Waals surface area contributed by atoms with E-state index in [2.05, 4.69) is 0 Å². The van der Waals surface area contributed by atoms with E-state index in [9.17, 15) is 13.2 Å². The molecule has 1 N–H and O–H groups in total. The third kappa shape index (κ3) is 2.54. The number of nitrogens with zero attached hydrogens (tertiary/aromatic N) is 1. The molecule has 0 saturated heterocycles. The summed E-state index contributed by atoms with van der Waals surface area (Å²) in [6, 6.07) is 6.82. The monoisotopic (exact) mass is 269 g/mol. The highest BCUT2D eigenvalue weighted by atomic mass is 32.2. The predicted molar refractivity (Wildman–Crippen MR) is 66.7 cm³/mol. The molecule has 0 amide bonds. The van der Waals surface area contributed by atoms with Gasteiger partial charge in [0.15, 0.2) is 0 Å². The molecule has 0 bridgehead atoms. The van der Waals surface area contributed by atoms with Gasteiger partial charge in [0.05, 0.1) is 18.7 Å². The second kappa shape index (κ2) is 4.70. The maximum absolute atomic E-state index is 11.7. The molecule has 0 radical (unpaired) electrons. The molecule has 1 aromatic carbocycles. The largest absolute Gasteiger partial charge is 0.481 e. The number of fused-ring (bicyclic) bond motifs is 1. The van der Waals surface area contributed by atoms with Gasteiger partial charge in [-0.05, 0) is 17.5 Å². The molecule has 1 heterocycles. The molecule has 0 unspecified atom stereocenters. The molecule has 2 rings (SSSR count). The number of hydrogen-bond donors (Lipinski definition) is 1. The summed E-state index contributed by atoms with van der Waals surface area (Å²) in [7, 11) is -3.39. The molecule has 1 aliphatic rings. The van der Waals surface area contributed by atoms with Crippen LogP contribution < -0.4 is 0 Å². The van der Waals surface area contributed by atoms with Crippen molar-refractivity contribution in [1.29, 1.82) is 0 Å². The van der Waals surface area contributed by atoms with Crippen molar-refractivity contribution in [2.75, 3.05) is 12.8 Å². The third-order valence-corrected chi connectivity index (χ3v) is 4.45. The zero-order valence-electron chi connectivity index (χ0n) is 10.0. The molecule has 1 aliphatic heterocycles. The topological polar surface area (TPSA) is 74.7 Å². The van der Waals surface area contributed by atoms with Crippen LogP contribution >= 0.6 is 0 Å². The lowest BCUT2D eigenvalue weighted by molar-refractivity contribution is -0.138. The maximum atomic E-state index is 11.7. The zero-order chi connectivity index (χ0) is 13.3. The van der Waals surface area contributed by atoms with Gasteiger partial charge in [-0.15, -0.1) is 0 Å². The minimum atomic E-state index is -3.39. The van der Waals surface area contributed by atoms with E-state index < -0.39 is 22.0 Å². The first-order valence-corrected chi connectivity index (χ1v) is 7.51. The van der Waals surface area contributed by atoms with Crippen LogP contribution in [0.3, 0.4) is 0 Å². The molecule has 0 aromatic heterocycles. The average Bonchev–Trinajstić information content (AvgIpc) is 2.27. The minimum Gasteiger partial charge on any atom is -0.481 e. The van der Waals surface area contributed by atoms with Crippen molar-refractivity contribution < 1.29 is 18.3 Å². The summed E-state index contributed by atoms with van der Waals surface area (Å²) in [5.74, 6) is -0.995. The summed E-state index contributed by atoms with van der Waals surface area (Å²) in [6.45, 7) is 0.341. The van der Waals surface area contributed by atoms with E-state index in [1.54, 1.807) is 12.1 Å². The van der Waals surface area contributed by atoms with E-state index in [-0.39, 0.29) is 6.42 Å². The zero-order valence-corrected chi connectivity index (χ0v) is 10.9. The molecular weight excluding hydrogens is 254 g/mol. The van der Waals surface area contributed by atoms with E-state index in [0.29, 0.717) is 13.0 Å². The van der Waals surface area contributed by atoms with Crippen molar-refractivity contribution in [1.82, 2.24) is 4.31 Å². The summed E-state index contributed by atoms with van der Waals surface area (Å²) in [5.41, 5.74) is 1.83. The normalized spacial score (nSPS) is 20.4. The summed E-state index contributed by atoms with van der Waals surface area (Å²) >= 11 is 0. The second-order valence-corrected chi connectivity index (χ2v) is 6.37. The van der Waals surface area contributed by atoms with Crippen molar-refractivity contribution in [3.05, 3.63) is 35.4 Å². The molecule has 0 spiro atoms. The Morgan fingerprint density at radius 1 is 1.44 bits per heavy atom. The summed E-state index contributed by atoms with van der Waals surface area (Å²) < 4.78 is 24.7. The third-order valence-electron chi connectivity index (χ3n) is 3.16. The van der Waals surface area contributed by atoms with Crippen LogP contribution in [0.1, 0.15) is 23.6 Å². The lowest BCUT2D eigenvalue weighted by Crippen LogP contribution is -2.40. The molecular formula is C12H15NO4S. The van der Waals surface area contributed by atoms with Gasteiger partial charge in [0.2, 0.25) is 10.0 Å². The van der Waals surface area contributed by atoms with Crippen LogP contribution in [0.25, 0.3) is 0 Å². The number of hydrogen-bond acceptors (Lipinski definition) is 3. The fourth-order valence-corrected chi connectivity index (χ4v) is 3.48. The molecule has 0 saturated carbocycles. The first kappa shape index (κ1) is 13.0. The van der Waals surface area contributed by atoms with Crippen LogP contribution in [0, 0.1) is 0 Å². The highest BCUT2D eigenvalue weighted by Gasteiger charge is 2.34. The second-order valence-electron chi connectivity index (χ2n) is 4.44. The van der Waals surface area contributed by atoms with Crippen LogP contribution in [-0.4, -0.2) is 36.6 Å². The Balaban J connectivity index is 2.46. The fraction of sp³-hybridized carbons (Fsp3) is 0.417. The van der Waals surface area contributed by atoms with Gasteiger partial charge in [0.1, 0.15) is 0 Å². The Kier molecular flexibility index (Phi) is 3.41. The first-order valence-electron chi connectivity index (χ1n) is 5.66. The van der Waals surface area contributed by atoms with Crippen molar-refractivity contribution in [3.8, 4) is 0 Å². The van der Waals surface area contributed by atoms with Crippen LogP contribution in [0.2, 0.25) is 0 Å². The van der Waals surface area contributed by atoms with Crippen LogP contribution in [0.4, 0.5) is 0 Å². The number of carboxylic acids is 1. The molecule has 0 fully saturated rings. The van der Waals surface area contributed by atoms with Crippen molar-refractivity contribution in [3.63, 3.8) is 0 Å². The van der Waals surface area contributed by atoms with Crippen molar-refractivity contribution in [2.24, 2.45) is 0 Å². The number of sulfonamides is 1. The number of carboxylic acid groups (broad SMARTS) is 1. The molecule has 6 heteroatoms. The average molecular weight is 269 g/mol. The lowest BCUT2D eigenvalue weighted by atomic mass is 9.92. The molecule has 1 atom stereocenters. The van der Waals surface area contributed by atoms with Gasteiger partial charge in [0.25, 0.3) is 0 Å². The van der Waals surface area contributed by atoms with Gasteiger partial charge in [-0.3, -0.25) is 4.79 Å². The highest BCUT2D eigenvalue weighted by molar-refractivity contribution is 7.88. The summed E-state index contributed by atoms with van der Waals surface area (Å²) in [5, 5.41) is 8.95. The predicted octanol–water partition coefficient (Wildman–Crippen LogP) is 1.02. The van der Waals surface area contributed by atoms with Gasteiger partial charge in [-0.25, -0.2) is 8.42 Å². The smallest absolute Gasteiger partial charge is 0.305 e. The standard InChI is InChI=1S/C12H15NO4S/c1-18(16,17)13-7-6-9-4-2-3-5-10(9)11(13)8-12(14)15/h2-5,11H,6-8H2,1H3,(H,14,15)/t11-/m1/s1. The number of carbonyl (C=O) groups is 1. The van der Waals surface area contributed by atoms with Gasteiger partial charge in [-0.2, -0.15) is 4.31 Å². The molecule has 5 nitrogen and oxygen atoms in total. The molecule has 1 aromatic rings. The van der Waals surface area contributed by atoms with E-state index in [4.69, 9.17) is 5.11 Å². The minimum absolute atomic E-state index is 0.204. The Labute approximate surface area is 106 Å². The Bertz CT molecular complexity index is 567. The number of benzene rings is 1. The van der Waals surface area contributed by atoms with E-state index in [1.807, 2.05) is 12.1 Å². The van der Waals surface area contributed by atoms with Gasteiger partial charge < -0.3 is 5.11 Å². The Hall–Kier alpha value is -1.40. The van der Waals surface area contributed by atoms with Crippen LogP contribution in [0.5, 0.6) is 0 Å². The number of rotatable bonds is 3. The molecule has 18 heavy (non-hydrogen) atoms. The quantitative estimate of drug-likeness (QED) is 0.889. The van der Waals surface area contributed by atoms with Gasteiger partial charge in [0, 0.05) is 6.54 Å². The Morgan fingerprint density at radius 3 is 2.72 bits per heavy atom. The SMILES string of the molecule is CS(=O)(=O)N1CCc2ccccc2[C@H]1CC(=O)O. The Morgan fingerprint density at radius 2 is 2.11 bits per heavy atom. The van der Waals surface area contributed by atoms with Crippen LogP contribution in [0.15, 0.2) is 24.3 Å². The summed E-state index contributed by atoms with van der Waals surface area (Å²) in [6.07, 6.45) is 1.54. The van der Waals surface area contributed by atoms with Crippen LogP contribution in [-0.2, 0) is 21.2 Å². The molecule has 98 valence electrons. The number of aliphatic carboxylic acids is 1. The van der Waals surface area contributed by atoms with E-state index >= 15 is 0 Å². The fourth-order valence-electron chi connectivity index (χ4n) is 2.40. The van der Waals surface area contributed by atoms with E-state index in [1.165, 1.54) is 4.31 Å². The maximum Gasteiger partial charge on any atom is 0.305 e. The molecule has 0 aliphatic carbocycles. The van der Waals surface area contributed by atoms with E-state index in [0.717, 1.165) is 17.4 Å². The highest BCUT2D eigenvalue weighted by Crippen LogP contribution is 2.33. The first-order chi connectivity index (χ1) is 8.39. The van der Waals surface area contributed by atoms with Crippen molar-refractivity contribution >= 4 is 16.0 Å². The van der Waals surface area contributed by atoms with Crippen molar-refractivity contribution in [2.45, 2.75) is 18.9 Å². The van der Waals surface area contributed by atoms with Gasteiger partial charge in [-0.1, -0.05) is 24.3 Å².